The van der Waals surface area contributed by atoms with Crippen LogP contribution < -0.4 is 10.2 Å². The van der Waals surface area contributed by atoms with Gasteiger partial charge in [-0.05, 0) is 36.8 Å². The van der Waals surface area contributed by atoms with E-state index in [1.807, 2.05) is 31.2 Å². The number of piperazine rings is 1. The molecule has 0 spiro atoms. The molecule has 0 aliphatic carbocycles. The van der Waals surface area contributed by atoms with E-state index in [4.69, 9.17) is 0 Å². The van der Waals surface area contributed by atoms with Gasteiger partial charge >= 0.3 is 0 Å². The van der Waals surface area contributed by atoms with E-state index in [0.717, 1.165) is 41.9 Å². The first-order valence-corrected chi connectivity index (χ1v) is 9.98. The highest BCUT2D eigenvalue weighted by atomic mass is 79.9. The summed E-state index contributed by atoms with van der Waals surface area (Å²) in [5, 5.41) is 13.8. The zero-order chi connectivity index (χ0) is 20.1. The molecule has 0 bridgehead atoms. The number of nitro benzene ring substituents is 1. The summed E-state index contributed by atoms with van der Waals surface area (Å²) in [6.07, 6.45) is 0. The second kappa shape index (κ2) is 9.16. The maximum atomic E-state index is 12.4. The molecule has 1 N–H and O–H groups in total. The number of rotatable bonds is 6. The normalized spacial score (nSPS) is 15.9. The predicted molar refractivity (Wildman–Crippen MR) is 112 cm³/mol. The van der Waals surface area contributed by atoms with Crippen molar-refractivity contribution in [2.24, 2.45) is 0 Å². The van der Waals surface area contributed by atoms with Gasteiger partial charge in [0.1, 0.15) is 0 Å². The van der Waals surface area contributed by atoms with Crippen molar-refractivity contribution in [1.29, 1.82) is 0 Å². The molecule has 28 heavy (non-hydrogen) atoms. The lowest BCUT2D eigenvalue weighted by Crippen LogP contribution is -2.49. The summed E-state index contributed by atoms with van der Waals surface area (Å²) in [5.41, 5.74) is 2.14. The molecular weight excluding hydrogens is 424 g/mol. The first kappa shape index (κ1) is 20.3. The topological polar surface area (TPSA) is 78.7 Å². The van der Waals surface area contributed by atoms with Gasteiger partial charge < -0.3 is 10.2 Å². The van der Waals surface area contributed by atoms with Crippen molar-refractivity contribution in [3.8, 4) is 0 Å². The van der Waals surface area contributed by atoms with Gasteiger partial charge in [-0.1, -0.05) is 28.1 Å². The highest BCUT2D eigenvalue weighted by Crippen LogP contribution is 2.21. The summed E-state index contributed by atoms with van der Waals surface area (Å²) in [7, 11) is 0. The van der Waals surface area contributed by atoms with Crippen LogP contribution in [0.3, 0.4) is 0 Å². The van der Waals surface area contributed by atoms with Gasteiger partial charge in [0.25, 0.3) is 5.69 Å². The van der Waals surface area contributed by atoms with Crippen LogP contribution in [-0.4, -0.2) is 48.5 Å². The Morgan fingerprint density at radius 3 is 2.29 bits per heavy atom. The smallest absolute Gasteiger partial charge is 0.269 e. The Balaban J connectivity index is 1.46. The van der Waals surface area contributed by atoms with Gasteiger partial charge in [-0.25, -0.2) is 0 Å². The maximum absolute atomic E-state index is 12.4. The number of carbonyl (C=O) groups is 1. The van der Waals surface area contributed by atoms with Crippen molar-refractivity contribution in [1.82, 2.24) is 10.2 Å². The molecule has 2 aromatic carbocycles. The Hall–Kier alpha value is -2.45. The number of non-ortho nitro benzene ring substituents is 1. The van der Waals surface area contributed by atoms with E-state index < -0.39 is 4.92 Å². The molecule has 1 saturated heterocycles. The van der Waals surface area contributed by atoms with Crippen molar-refractivity contribution >= 4 is 33.2 Å². The fourth-order valence-corrected chi connectivity index (χ4v) is 3.54. The largest absolute Gasteiger partial charge is 0.369 e. The van der Waals surface area contributed by atoms with Crippen molar-refractivity contribution in [2.75, 3.05) is 37.6 Å². The highest BCUT2D eigenvalue weighted by molar-refractivity contribution is 9.10. The minimum atomic E-state index is -0.393. The molecule has 1 fully saturated rings. The molecule has 1 heterocycles. The van der Waals surface area contributed by atoms with Crippen LogP contribution in [0.4, 0.5) is 11.4 Å². The zero-order valence-corrected chi connectivity index (χ0v) is 17.3. The van der Waals surface area contributed by atoms with Crippen LogP contribution >= 0.6 is 15.9 Å². The number of hydrogen-bond acceptors (Lipinski definition) is 5. The van der Waals surface area contributed by atoms with Crippen molar-refractivity contribution in [3.05, 3.63) is 68.7 Å². The number of nitro groups is 1. The fraction of sp³-hybridized carbons (Fsp3) is 0.350. The van der Waals surface area contributed by atoms with E-state index in [0.29, 0.717) is 6.54 Å². The molecule has 2 aromatic rings. The van der Waals surface area contributed by atoms with Gasteiger partial charge in [0.05, 0.1) is 17.5 Å². The third-order valence-electron chi connectivity index (χ3n) is 4.91. The minimum absolute atomic E-state index is 0.0132. The molecular formula is C20H23BrN4O3. The van der Waals surface area contributed by atoms with E-state index in [1.165, 1.54) is 12.1 Å². The van der Waals surface area contributed by atoms with Crippen LogP contribution in [0.2, 0.25) is 0 Å². The van der Waals surface area contributed by atoms with E-state index in [-0.39, 0.29) is 17.6 Å². The molecule has 1 aliphatic heterocycles. The van der Waals surface area contributed by atoms with Gasteiger partial charge in [0, 0.05) is 48.5 Å². The summed E-state index contributed by atoms with van der Waals surface area (Å²) in [6, 6.07) is 14.5. The van der Waals surface area contributed by atoms with Crippen LogP contribution in [0.1, 0.15) is 18.5 Å². The lowest BCUT2D eigenvalue weighted by Gasteiger charge is -2.35. The molecule has 8 heteroatoms. The molecule has 0 saturated carbocycles. The highest BCUT2D eigenvalue weighted by Gasteiger charge is 2.20. The second-order valence-corrected chi connectivity index (χ2v) is 7.79. The van der Waals surface area contributed by atoms with Crippen LogP contribution in [0, 0.1) is 10.1 Å². The first-order chi connectivity index (χ1) is 13.4. The molecule has 0 aromatic heterocycles. The van der Waals surface area contributed by atoms with Gasteiger partial charge in [0.15, 0.2) is 0 Å². The lowest BCUT2D eigenvalue weighted by molar-refractivity contribution is -0.384. The SMILES string of the molecule is CC(NC(=O)CN1CCN(c2ccc([N+](=O)[O-])cc2)CC1)c1ccc(Br)cc1. The third kappa shape index (κ3) is 5.30. The maximum Gasteiger partial charge on any atom is 0.269 e. The Kier molecular flexibility index (Phi) is 6.64. The summed E-state index contributed by atoms with van der Waals surface area (Å²) in [5.74, 6) is 0.0132. The number of carbonyl (C=O) groups excluding carboxylic acids is 1. The quantitative estimate of drug-likeness (QED) is 0.543. The van der Waals surface area contributed by atoms with E-state index in [9.17, 15) is 14.9 Å². The molecule has 0 radical (unpaired) electrons. The van der Waals surface area contributed by atoms with Gasteiger partial charge in [-0.2, -0.15) is 0 Å². The van der Waals surface area contributed by atoms with Crippen molar-refractivity contribution in [2.45, 2.75) is 13.0 Å². The summed E-state index contributed by atoms with van der Waals surface area (Å²) in [4.78, 5) is 27.1. The molecule has 1 amide bonds. The van der Waals surface area contributed by atoms with Gasteiger partial charge in [-0.15, -0.1) is 0 Å². The number of halogens is 1. The predicted octanol–water partition coefficient (Wildman–Crippen LogP) is 3.36. The summed E-state index contributed by atoms with van der Waals surface area (Å²) < 4.78 is 1.01. The van der Waals surface area contributed by atoms with E-state index in [2.05, 4.69) is 31.0 Å². The molecule has 7 nitrogen and oxygen atoms in total. The molecule has 1 unspecified atom stereocenters. The van der Waals surface area contributed by atoms with Crippen LogP contribution in [0.25, 0.3) is 0 Å². The van der Waals surface area contributed by atoms with Crippen molar-refractivity contribution < 1.29 is 9.72 Å². The average Bonchev–Trinajstić information content (AvgIpc) is 2.69. The number of anilines is 1. The van der Waals surface area contributed by atoms with E-state index >= 15 is 0 Å². The Labute approximate surface area is 172 Å². The molecule has 1 aliphatic rings. The number of amides is 1. The van der Waals surface area contributed by atoms with Gasteiger partial charge in [0.2, 0.25) is 5.91 Å². The van der Waals surface area contributed by atoms with Crippen molar-refractivity contribution in [3.63, 3.8) is 0 Å². The monoisotopic (exact) mass is 446 g/mol. The molecule has 148 valence electrons. The Morgan fingerprint density at radius 2 is 1.71 bits per heavy atom. The second-order valence-electron chi connectivity index (χ2n) is 6.88. The number of hydrogen-bond donors (Lipinski definition) is 1. The minimum Gasteiger partial charge on any atom is -0.369 e. The molecule has 3 rings (SSSR count). The Morgan fingerprint density at radius 1 is 1.11 bits per heavy atom. The number of benzene rings is 2. The number of nitrogens with one attached hydrogen (secondary N) is 1. The Bertz CT molecular complexity index is 818. The summed E-state index contributed by atoms with van der Waals surface area (Å²) in [6.45, 7) is 5.47. The van der Waals surface area contributed by atoms with Crippen LogP contribution in [-0.2, 0) is 4.79 Å². The average molecular weight is 447 g/mol. The van der Waals surface area contributed by atoms with Crippen LogP contribution in [0.5, 0.6) is 0 Å². The number of nitrogens with zero attached hydrogens (tertiary/aromatic N) is 3. The lowest BCUT2D eigenvalue weighted by atomic mass is 10.1. The van der Waals surface area contributed by atoms with Crippen LogP contribution in [0.15, 0.2) is 53.0 Å². The fourth-order valence-electron chi connectivity index (χ4n) is 3.27. The van der Waals surface area contributed by atoms with E-state index in [1.54, 1.807) is 12.1 Å². The third-order valence-corrected chi connectivity index (χ3v) is 5.44. The first-order valence-electron chi connectivity index (χ1n) is 9.19. The molecule has 1 atom stereocenters. The zero-order valence-electron chi connectivity index (χ0n) is 15.7. The standard InChI is InChI=1S/C20H23BrN4O3/c1-15(16-2-4-17(21)5-3-16)22-20(26)14-23-10-12-24(13-11-23)18-6-8-19(9-7-18)25(27)28/h2-9,15H,10-14H2,1H3,(H,22,26). The summed E-state index contributed by atoms with van der Waals surface area (Å²) >= 11 is 3.41. The van der Waals surface area contributed by atoms with Gasteiger partial charge in [-0.3, -0.25) is 19.8 Å².